The van der Waals surface area contributed by atoms with E-state index >= 15 is 0 Å². The quantitative estimate of drug-likeness (QED) is 0.768. The zero-order valence-electron chi connectivity index (χ0n) is 7.78. The Kier molecular flexibility index (Phi) is 2.45. The summed E-state index contributed by atoms with van der Waals surface area (Å²) in [7, 11) is 0. The normalized spacial score (nSPS) is 10.4. The molecule has 0 aliphatic heterocycles. The van der Waals surface area contributed by atoms with E-state index in [4.69, 9.17) is 16.6 Å². The van der Waals surface area contributed by atoms with Gasteiger partial charge >= 0.3 is 0 Å². The van der Waals surface area contributed by atoms with E-state index in [1.807, 2.05) is 12.1 Å². The number of aromatic amines is 1. The van der Waals surface area contributed by atoms with E-state index in [0.29, 0.717) is 17.1 Å². The molecular formula is C10H10N2OS. The Morgan fingerprint density at radius 2 is 2.36 bits per heavy atom. The van der Waals surface area contributed by atoms with Crippen LogP contribution in [0.5, 0.6) is 0 Å². The van der Waals surface area contributed by atoms with E-state index in [9.17, 15) is 0 Å². The number of benzene rings is 1. The summed E-state index contributed by atoms with van der Waals surface area (Å²) in [5, 5.41) is 6.55. The van der Waals surface area contributed by atoms with Crippen molar-refractivity contribution >= 4 is 12.2 Å². The first kappa shape index (κ1) is 9.15. The van der Waals surface area contributed by atoms with E-state index in [1.165, 1.54) is 11.1 Å². The van der Waals surface area contributed by atoms with Gasteiger partial charge in [-0.05, 0) is 24.7 Å². The number of nitrogens with zero attached hydrogens (tertiary/aromatic N) is 1. The first-order chi connectivity index (χ1) is 6.74. The van der Waals surface area contributed by atoms with Crippen LogP contribution in [0.25, 0.3) is 0 Å². The summed E-state index contributed by atoms with van der Waals surface area (Å²) in [5.74, 6) is 0.626. The molecule has 0 atom stereocenters. The molecule has 2 aromatic rings. The minimum Gasteiger partial charge on any atom is -0.414 e. The summed E-state index contributed by atoms with van der Waals surface area (Å²) >= 11 is 4.79. The van der Waals surface area contributed by atoms with Gasteiger partial charge in [0.2, 0.25) is 5.89 Å². The van der Waals surface area contributed by atoms with Gasteiger partial charge in [-0.15, -0.1) is 5.10 Å². The molecule has 4 heteroatoms. The smallest absolute Gasteiger partial charge is 0.284 e. The minimum atomic E-state index is 0.327. The molecule has 0 aliphatic rings. The van der Waals surface area contributed by atoms with Crippen molar-refractivity contribution in [3.8, 4) is 0 Å². The average Bonchev–Trinajstić information content (AvgIpc) is 2.51. The number of rotatable bonds is 2. The van der Waals surface area contributed by atoms with Crippen LogP contribution in [0.1, 0.15) is 17.0 Å². The molecule has 0 amide bonds. The largest absolute Gasteiger partial charge is 0.414 e. The second-order valence-electron chi connectivity index (χ2n) is 3.17. The standard InChI is InChI=1S/C10H10N2OS/c1-7-3-2-4-8(5-7)6-9-11-12-10(14)13-9/h2-5H,6H2,1H3,(H,12,14). The fraction of sp³-hybridized carbons (Fsp3) is 0.200. The third kappa shape index (κ3) is 2.09. The van der Waals surface area contributed by atoms with Crippen LogP contribution in [0.4, 0.5) is 0 Å². The number of hydrogen-bond acceptors (Lipinski definition) is 3. The van der Waals surface area contributed by atoms with Crippen molar-refractivity contribution in [3.63, 3.8) is 0 Å². The van der Waals surface area contributed by atoms with Gasteiger partial charge in [-0.3, -0.25) is 0 Å². The molecule has 1 N–H and O–H groups in total. The first-order valence-electron chi connectivity index (χ1n) is 4.34. The molecule has 0 radical (unpaired) electrons. The minimum absolute atomic E-state index is 0.327. The van der Waals surface area contributed by atoms with Gasteiger partial charge in [-0.2, -0.15) is 0 Å². The molecule has 3 nitrogen and oxygen atoms in total. The van der Waals surface area contributed by atoms with E-state index < -0.39 is 0 Å². The van der Waals surface area contributed by atoms with E-state index in [1.54, 1.807) is 0 Å². The van der Waals surface area contributed by atoms with Crippen molar-refractivity contribution in [1.82, 2.24) is 10.2 Å². The molecule has 14 heavy (non-hydrogen) atoms. The van der Waals surface area contributed by atoms with Gasteiger partial charge in [0.05, 0.1) is 6.42 Å². The molecule has 0 saturated carbocycles. The van der Waals surface area contributed by atoms with Crippen molar-refractivity contribution in [2.75, 3.05) is 0 Å². The maximum Gasteiger partial charge on any atom is 0.284 e. The maximum atomic E-state index is 5.18. The number of aryl methyl sites for hydroxylation is 1. The van der Waals surface area contributed by atoms with Crippen molar-refractivity contribution in [2.24, 2.45) is 0 Å². The predicted octanol–water partition coefficient (Wildman–Crippen LogP) is 2.63. The molecule has 0 unspecified atom stereocenters. The number of H-pyrrole nitrogens is 1. The summed E-state index contributed by atoms with van der Waals surface area (Å²) in [5.41, 5.74) is 2.41. The first-order valence-corrected chi connectivity index (χ1v) is 4.75. The topological polar surface area (TPSA) is 41.8 Å². The van der Waals surface area contributed by atoms with Gasteiger partial charge in [0.25, 0.3) is 4.84 Å². The summed E-state index contributed by atoms with van der Waals surface area (Å²) in [4.78, 5) is 0.327. The molecule has 0 bridgehead atoms. The fourth-order valence-corrected chi connectivity index (χ4v) is 1.47. The highest BCUT2D eigenvalue weighted by Gasteiger charge is 2.01. The van der Waals surface area contributed by atoms with Crippen LogP contribution in [0.3, 0.4) is 0 Å². The van der Waals surface area contributed by atoms with Crippen LogP contribution in [-0.2, 0) is 6.42 Å². The molecule has 0 fully saturated rings. The second kappa shape index (κ2) is 3.75. The van der Waals surface area contributed by atoms with E-state index in [-0.39, 0.29) is 0 Å². The Morgan fingerprint density at radius 3 is 3.00 bits per heavy atom. The van der Waals surface area contributed by atoms with Crippen molar-refractivity contribution in [1.29, 1.82) is 0 Å². The Morgan fingerprint density at radius 1 is 1.50 bits per heavy atom. The van der Waals surface area contributed by atoms with Crippen molar-refractivity contribution in [2.45, 2.75) is 13.3 Å². The molecule has 1 heterocycles. The van der Waals surface area contributed by atoms with Gasteiger partial charge < -0.3 is 4.42 Å². The van der Waals surface area contributed by atoms with Gasteiger partial charge in [0, 0.05) is 0 Å². The number of aromatic nitrogens is 2. The van der Waals surface area contributed by atoms with Crippen LogP contribution in [0.15, 0.2) is 28.7 Å². The van der Waals surface area contributed by atoms with E-state index in [0.717, 1.165) is 0 Å². The van der Waals surface area contributed by atoms with Crippen LogP contribution >= 0.6 is 12.2 Å². The molecule has 1 aromatic carbocycles. The highest BCUT2D eigenvalue weighted by atomic mass is 32.1. The maximum absolute atomic E-state index is 5.18. The molecule has 0 saturated heterocycles. The lowest BCUT2D eigenvalue weighted by molar-refractivity contribution is 0.491. The molecule has 72 valence electrons. The SMILES string of the molecule is Cc1cccc(Cc2n[nH]c(=S)o2)c1. The van der Waals surface area contributed by atoms with E-state index in [2.05, 4.69) is 29.3 Å². The van der Waals surface area contributed by atoms with Crippen molar-refractivity contribution < 1.29 is 4.42 Å². The highest BCUT2D eigenvalue weighted by Crippen LogP contribution is 2.09. The van der Waals surface area contributed by atoms with Crippen molar-refractivity contribution in [3.05, 3.63) is 46.1 Å². The second-order valence-corrected chi connectivity index (χ2v) is 3.54. The van der Waals surface area contributed by atoms with Gasteiger partial charge in [-0.1, -0.05) is 29.8 Å². The third-order valence-corrected chi connectivity index (χ3v) is 2.09. The Hall–Kier alpha value is -1.42. The van der Waals surface area contributed by atoms with Gasteiger partial charge in [-0.25, -0.2) is 5.10 Å². The lowest BCUT2D eigenvalue weighted by atomic mass is 10.1. The monoisotopic (exact) mass is 206 g/mol. The Bertz CT molecular complexity index is 487. The molecular weight excluding hydrogens is 196 g/mol. The van der Waals surface area contributed by atoms with Crippen LogP contribution < -0.4 is 0 Å². The third-order valence-electron chi connectivity index (χ3n) is 1.92. The number of nitrogens with one attached hydrogen (secondary N) is 1. The fourth-order valence-electron chi connectivity index (χ4n) is 1.33. The van der Waals surface area contributed by atoms with Gasteiger partial charge in [0.15, 0.2) is 0 Å². The van der Waals surface area contributed by atoms with Crippen LogP contribution in [0.2, 0.25) is 0 Å². The highest BCUT2D eigenvalue weighted by molar-refractivity contribution is 7.71. The molecule has 2 rings (SSSR count). The van der Waals surface area contributed by atoms with Gasteiger partial charge in [0.1, 0.15) is 0 Å². The zero-order chi connectivity index (χ0) is 9.97. The van der Waals surface area contributed by atoms with Crippen LogP contribution in [0, 0.1) is 11.8 Å². The van der Waals surface area contributed by atoms with Crippen LogP contribution in [-0.4, -0.2) is 10.2 Å². The Balaban J connectivity index is 2.22. The lowest BCUT2D eigenvalue weighted by Crippen LogP contribution is -1.88. The summed E-state index contributed by atoms with van der Waals surface area (Å²) in [6.45, 7) is 2.06. The molecule has 0 spiro atoms. The lowest BCUT2D eigenvalue weighted by Gasteiger charge is -1.97. The number of hydrogen-bond donors (Lipinski definition) is 1. The zero-order valence-corrected chi connectivity index (χ0v) is 8.60. The predicted molar refractivity (Wildman–Crippen MR) is 55.7 cm³/mol. The molecule has 1 aromatic heterocycles. The summed E-state index contributed by atoms with van der Waals surface area (Å²) < 4.78 is 5.18. The molecule has 0 aliphatic carbocycles. The average molecular weight is 206 g/mol. The Labute approximate surface area is 86.8 Å². The summed E-state index contributed by atoms with van der Waals surface area (Å²) in [6, 6.07) is 8.23. The summed E-state index contributed by atoms with van der Waals surface area (Å²) in [6.07, 6.45) is 0.675.